The van der Waals surface area contributed by atoms with Crippen molar-refractivity contribution in [3.05, 3.63) is 64.6 Å². The zero-order valence-corrected chi connectivity index (χ0v) is 18.4. The number of rotatable bonds is 6. The first-order valence-electron chi connectivity index (χ1n) is 9.72. The van der Waals surface area contributed by atoms with E-state index in [4.69, 9.17) is 0 Å². The molecule has 4 rings (SSSR count). The van der Waals surface area contributed by atoms with E-state index in [1.807, 2.05) is 0 Å². The van der Waals surface area contributed by atoms with Crippen molar-refractivity contribution in [2.75, 3.05) is 16.8 Å². The van der Waals surface area contributed by atoms with E-state index in [1.54, 1.807) is 24.3 Å². The number of aromatic nitrogens is 2. The van der Waals surface area contributed by atoms with Gasteiger partial charge in [-0.2, -0.15) is 5.10 Å². The Bertz CT molecular complexity index is 1450. The lowest BCUT2D eigenvalue weighted by molar-refractivity contribution is -0.115. The predicted octanol–water partition coefficient (Wildman–Crippen LogP) is 0.570. The zero-order chi connectivity index (χ0) is 22.9. The van der Waals surface area contributed by atoms with Gasteiger partial charge < -0.3 is 5.32 Å². The Hall–Kier alpha value is -3.09. The van der Waals surface area contributed by atoms with E-state index >= 15 is 0 Å². The summed E-state index contributed by atoms with van der Waals surface area (Å²) in [6, 6.07) is 11.7. The SMILES string of the molecule is O=C(Cc1n[nH]c(=O)c2ccccc12)Nc1ccc(S(=O)(=O)N[C@@H]2CCS(=O)(=O)C2)cc1. The number of carbonyl (C=O) groups excluding carboxylic acids is 1. The van der Waals surface area contributed by atoms with Gasteiger partial charge >= 0.3 is 0 Å². The van der Waals surface area contributed by atoms with Crippen molar-refractivity contribution in [2.45, 2.75) is 23.8 Å². The highest BCUT2D eigenvalue weighted by molar-refractivity contribution is 7.92. The molecule has 1 atom stereocenters. The highest BCUT2D eigenvalue weighted by Crippen LogP contribution is 2.18. The van der Waals surface area contributed by atoms with Gasteiger partial charge in [-0.25, -0.2) is 26.7 Å². The average molecular weight is 477 g/mol. The van der Waals surface area contributed by atoms with E-state index in [2.05, 4.69) is 20.2 Å². The van der Waals surface area contributed by atoms with Crippen molar-refractivity contribution >= 4 is 42.2 Å². The first-order chi connectivity index (χ1) is 15.1. The third-order valence-electron chi connectivity index (χ3n) is 5.11. The highest BCUT2D eigenvalue weighted by Gasteiger charge is 2.31. The summed E-state index contributed by atoms with van der Waals surface area (Å²) >= 11 is 0. The quantitative estimate of drug-likeness (QED) is 0.470. The molecule has 3 N–H and O–H groups in total. The number of sulfonamides is 1. The summed E-state index contributed by atoms with van der Waals surface area (Å²) in [4.78, 5) is 24.3. The van der Waals surface area contributed by atoms with E-state index in [0.717, 1.165) is 0 Å². The fraction of sp³-hybridized carbons (Fsp3) is 0.250. The fourth-order valence-electron chi connectivity index (χ4n) is 3.56. The second-order valence-electron chi connectivity index (χ2n) is 7.52. The third kappa shape index (κ3) is 4.87. The molecule has 0 unspecified atom stereocenters. The largest absolute Gasteiger partial charge is 0.326 e. The second kappa shape index (κ2) is 8.45. The maximum Gasteiger partial charge on any atom is 0.272 e. The molecule has 1 saturated heterocycles. The van der Waals surface area contributed by atoms with E-state index in [1.165, 1.54) is 24.3 Å². The highest BCUT2D eigenvalue weighted by atomic mass is 32.2. The number of amides is 1. The number of H-pyrrole nitrogens is 1. The normalized spacial score (nSPS) is 17.9. The minimum Gasteiger partial charge on any atom is -0.326 e. The predicted molar refractivity (Wildman–Crippen MR) is 119 cm³/mol. The number of sulfone groups is 1. The lowest BCUT2D eigenvalue weighted by Gasteiger charge is -2.12. The summed E-state index contributed by atoms with van der Waals surface area (Å²) in [6.45, 7) is 0. The van der Waals surface area contributed by atoms with Gasteiger partial charge in [0.25, 0.3) is 5.56 Å². The van der Waals surface area contributed by atoms with Crippen LogP contribution in [-0.2, 0) is 31.1 Å². The average Bonchev–Trinajstić information content (AvgIpc) is 3.08. The van der Waals surface area contributed by atoms with Crippen LogP contribution in [0.5, 0.6) is 0 Å². The number of hydrogen-bond acceptors (Lipinski definition) is 7. The van der Waals surface area contributed by atoms with Crippen LogP contribution in [0, 0.1) is 0 Å². The van der Waals surface area contributed by atoms with E-state index < -0.39 is 25.9 Å². The van der Waals surface area contributed by atoms with Crippen molar-refractivity contribution in [3.8, 4) is 0 Å². The van der Waals surface area contributed by atoms with Gasteiger partial charge in [0.1, 0.15) is 0 Å². The van der Waals surface area contributed by atoms with Crippen molar-refractivity contribution in [1.82, 2.24) is 14.9 Å². The number of nitrogens with zero attached hydrogens (tertiary/aromatic N) is 1. The van der Waals surface area contributed by atoms with E-state index in [9.17, 15) is 26.4 Å². The maximum absolute atomic E-state index is 12.5. The molecule has 0 radical (unpaired) electrons. The smallest absolute Gasteiger partial charge is 0.272 e. The van der Waals surface area contributed by atoms with Crippen LogP contribution in [0.25, 0.3) is 10.8 Å². The molecule has 1 aliphatic heterocycles. The Balaban J connectivity index is 1.43. The number of aromatic amines is 1. The molecule has 0 aliphatic carbocycles. The summed E-state index contributed by atoms with van der Waals surface area (Å²) in [5.74, 6) is -0.641. The molecule has 1 fully saturated rings. The molecule has 12 heteroatoms. The molecular formula is C20H20N4O6S2. The topological polar surface area (TPSA) is 155 Å². The number of nitrogens with one attached hydrogen (secondary N) is 3. The Kier molecular flexibility index (Phi) is 5.84. The van der Waals surface area contributed by atoms with Gasteiger partial charge in [-0.1, -0.05) is 18.2 Å². The van der Waals surface area contributed by atoms with Gasteiger partial charge in [-0.15, -0.1) is 0 Å². The summed E-state index contributed by atoms with van der Waals surface area (Å²) in [7, 11) is -7.10. The maximum atomic E-state index is 12.5. The first kappa shape index (κ1) is 22.1. The summed E-state index contributed by atoms with van der Waals surface area (Å²) in [6.07, 6.45) is 0.151. The third-order valence-corrected chi connectivity index (χ3v) is 8.41. The van der Waals surface area contributed by atoms with Crippen molar-refractivity contribution < 1.29 is 21.6 Å². The van der Waals surface area contributed by atoms with Crippen molar-refractivity contribution in [2.24, 2.45) is 0 Å². The molecule has 32 heavy (non-hydrogen) atoms. The molecule has 168 valence electrons. The minimum absolute atomic E-state index is 0.0342. The molecule has 1 aliphatic rings. The van der Waals surface area contributed by atoms with Gasteiger partial charge in [0, 0.05) is 17.1 Å². The van der Waals surface area contributed by atoms with Crippen LogP contribution in [0.3, 0.4) is 0 Å². The molecule has 2 heterocycles. The van der Waals surface area contributed by atoms with Gasteiger partial charge in [-0.3, -0.25) is 9.59 Å². The molecular weight excluding hydrogens is 456 g/mol. The number of anilines is 1. The zero-order valence-electron chi connectivity index (χ0n) is 16.7. The standard InChI is InChI=1S/C20H20N4O6S2/c25-19(11-18-16-3-1-2-4-17(16)20(26)23-22-18)21-13-5-7-15(8-6-13)32(29,30)24-14-9-10-31(27,28)12-14/h1-8,14,24H,9-12H2,(H,21,25)(H,23,26)/t14-/m1/s1. The molecule has 0 spiro atoms. The van der Waals surface area contributed by atoms with Crippen LogP contribution in [0.4, 0.5) is 5.69 Å². The van der Waals surface area contributed by atoms with Gasteiger partial charge in [0.15, 0.2) is 9.84 Å². The Morgan fingerprint density at radius 2 is 1.78 bits per heavy atom. The van der Waals surface area contributed by atoms with E-state index in [-0.39, 0.29) is 40.7 Å². The molecule has 1 amide bonds. The molecule has 0 saturated carbocycles. The van der Waals surface area contributed by atoms with Crippen LogP contribution in [0.2, 0.25) is 0 Å². The summed E-state index contributed by atoms with van der Waals surface area (Å²) < 4.78 is 50.5. The second-order valence-corrected chi connectivity index (χ2v) is 11.5. The lowest BCUT2D eigenvalue weighted by atomic mass is 10.1. The number of carbonyl (C=O) groups is 1. The summed E-state index contributed by atoms with van der Waals surface area (Å²) in [5.41, 5.74) is 0.448. The van der Waals surface area contributed by atoms with Crippen LogP contribution in [0.15, 0.2) is 58.2 Å². The monoisotopic (exact) mass is 476 g/mol. The van der Waals surface area contributed by atoms with Crippen LogP contribution in [-0.4, -0.2) is 50.5 Å². The lowest BCUT2D eigenvalue weighted by Crippen LogP contribution is -2.35. The molecule has 0 bridgehead atoms. The summed E-state index contributed by atoms with van der Waals surface area (Å²) in [5, 5.41) is 10.0. The minimum atomic E-state index is -3.89. The first-order valence-corrected chi connectivity index (χ1v) is 13.0. The number of benzene rings is 2. The van der Waals surface area contributed by atoms with Crippen molar-refractivity contribution in [1.29, 1.82) is 0 Å². The molecule has 1 aromatic heterocycles. The molecule has 2 aromatic carbocycles. The van der Waals surface area contributed by atoms with Crippen molar-refractivity contribution in [3.63, 3.8) is 0 Å². The molecule has 10 nitrogen and oxygen atoms in total. The number of fused-ring (bicyclic) bond motifs is 1. The van der Waals surface area contributed by atoms with E-state index in [0.29, 0.717) is 22.2 Å². The van der Waals surface area contributed by atoms with Gasteiger partial charge in [-0.05, 0) is 36.8 Å². The van der Waals surface area contributed by atoms with Gasteiger partial charge in [0.2, 0.25) is 15.9 Å². The van der Waals surface area contributed by atoms with Crippen LogP contribution in [0.1, 0.15) is 12.1 Å². The van der Waals surface area contributed by atoms with Gasteiger partial charge in [0.05, 0.1) is 33.9 Å². The number of hydrogen-bond donors (Lipinski definition) is 3. The Morgan fingerprint density at radius 3 is 2.44 bits per heavy atom. The Morgan fingerprint density at radius 1 is 1.09 bits per heavy atom. The molecule has 3 aromatic rings. The fourth-order valence-corrected chi connectivity index (χ4v) is 6.61. The van der Waals surface area contributed by atoms with Crippen LogP contribution < -0.4 is 15.6 Å². The van der Waals surface area contributed by atoms with Crippen LogP contribution >= 0.6 is 0 Å². The Labute approximate surface area is 184 Å².